The molecule has 0 aliphatic heterocycles. The van der Waals surface area contributed by atoms with Crippen molar-refractivity contribution in [2.24, 2.45) is 5.92 Å². The van der Waals surface area contributed by atoms with Gasteiger partial charge in [0.2, 0.25) is 5.78 Å². The molecule has 2 aromatic carbocycles. The molecule has 1 aliphatic carbocycles. The number of carbonyl (C=O) groups excluding carboxylic acids is 1. The van der Waals surface area contributed by atoms with Crippen molar-refractivity contribution in [1.82, 2.24) is 9.97 Å². The SMILES string of the molecule is COc1ccc([C@@H]2C[C@H]2C(=O)c2nc3ccccc3[nH]2)cc1. The highest BCUT2D eigenvalue weighted by molar-refractivity contribution is 5.99. The van der Waals surface area contributed by atoms with E-state index in [1.54, 1.807) is 7.11 Å². The summed E-state index contributed by atoms with van der Waals surface area (Å²) in [7, 11) is 1.65. The van der Waals surface area contributed by atoms with E-state index >= 15 is 0 Å². The number of para-hydroxylation sites is 2. The number of aromatic nitrogens is 2. The number of H-pyrrole nitrogens is 1. The van der Waals surface area contributed by atoms with Crippen LogP contribution >= 0.6 is 0 Å². The van der Waals surface area contributed by atoms with Gasteiger partial charge in [-0.2, -0.15) is 0 Å². The van der Waals surface area contributed by atoms with Crippen molar-refractivity contribution in [2.45, 2.75) is 12.3 Å². The van der Waals surface area contributed by atoms with E-state index < -0.39 is 0 Å². The number of ketones is 1. The normalized spacial score (nSPS) is 20.0. The number of hydrogen-bond acceptors (Lipinski definition) is 3. The standard InChI is InChI=1S/C18H16N2O2/c1-22-12-8-6-11(7-9-12)13-10-14(13)17(21)18-19-15-4-2-3-5-16(15)20-18/h2-9,13-14H,10H2,1H3,(H,19,20)/t13-,14+/m0/s1. The number of hydrogen-bond donors (Lipinski definition) is 1. The van der Waals surface area contributed by atoms with E-state index in [1.807, 2.05) is 48.5 Å². The number of imidazole rings is 1. The van der Waals surface area contributed by atoms with E-state index in [0.717, 1.165) is 23.2 Å². The molecule has 1 aromatic heterocycles. The summed E-state index contributed by atoms with van der Waals surface area (Å²) in [5.74, 6) is 1.75. The first kappa shape index (κ1) is 13.1. The fourth-order valence-electron chi connectivity index (χ4n) is 2.95. The van der Waals surface area contributed by atoms with Crippen LogP contribution in [0.4, 0.5) is 0 Å². The van der Waals surface area contributed by atoms with Gasteiger partial charge < -0.3 is 9.72 Å². The van der Waals surface area contributed by atoms with Gasteiger partial charge >= 0.3 is 0 Å². The third kappa shape index (κ3) is 2.17. The Morgan fingerprint density at radius 3 is 2.68 bits per heavy atom. The van der Waals surface area contributed by atoms with Gasteiger partial charge in [-0.1, -0.05) is 24.3 Å². The summed E-state index contributed by atoms with van der Waals surface area (Å²) < 4.78 is 5.16. The molecule has 2 atom stereocenters. The lowest BCUT2D eigenvalue weighted by Gasteiger charge is -2.02. The monoisotopic (exact) mass is 292 g/mol. The zero-order valence-corrected chi connectivity index (χ0v) is 12.2. The van der Waals surface area contributed by atoms with Crippen molar-refractivity contribution < 1.29 is 9.53 Å². The molecule has 0 unspecified atom stereocenters. The number of nitrogens with zero attached hydrogens (tertiary/aromatic N) is 1. The van der Waals surface area contributed by atoms with Crippen molar-refractivity contribution in [3.05, 3.63) is 59.9 Å². The third-order valence-corrected chi connectivity index (χ3v) is 4.29. The molecule has 1 heterocycles. The zero-order chi connectivity index (χ0) is 15.1. The number of aromatic amines is 1. The van der Waals surface area contributed by atoms with Crippen molar-refractivity contribution in [3.8, 4) is 5.75 Å². The molecule has 1 aliphatic rings. The first-order valence-electron chi connectivity index (χ1n) is 7.39. The average molecular weight is 292 g/mol. The number of Topliss-reactive ketones (excluding diaryl/α,β-unsaturated/α-hetero) is 1. The largest absolute Gasteiger partial charge is 0.497 e. The molecular weight excluding hydrogens is 276 g/mol. The van der Waals surface area contributed by atoms with E-state index in [1.165, 1.54) is 5.56 Å². The number of nitrogens with one attached hydrogen (secondary N) is 1. The molecular formula is C18H16N2O2. The Labute approximate surface area is 128 Å². The molecule has 3 aromatic rings. The Kier molecular flexibility index (Phi) is 2.96. The van der Waals surface area contributed by atoms with Crippen LogP contribution < -0.4 is 4.74 Å². The molecule has 1 fully saturated rings. The molecule has 0 radical (unpaired) electrons. The molecule has 0 amide bonds. The van der Waals surface area contributed by atoms with E-state index in [4.69, 9.17) is 4.74 Å². The summed E-state index contributed by atoms with van der Waals surface area (Å²) in [5.41, 5.74) is 2.94. The van der Waals surface area contributed by atoms with Crippen LogP contribution in [0.5, 0.6) is 5.75 Å². The van der Waals surface area contributed by atoms with E-state index in [0.29, 0.717) is 11.7 Å². The zero-order valence-electron chi connectivity index (χ0n) is 12.2. The summed E-state index contributed by atoms with van der Waals surface area (Å²) in [6.07, 6.45) is 0.891. The van der Waals surface area contributed by atoms with Crippen LogP contribution in [-0.4, -0.2) is 22.9 Å². The lowest BCUT2D eigenvalue weighted by Crippen LogP contribution is -2.05. The number of methoxy groups -OCH3 is 1. The summed E-state index contributed by atoms with van der Waals surface area (Å²) in [5, 5.41) is 0. The molecule has 22 heavy (non-hydrogen) atoms. The second-order valence-electron chi connectivity index (χ2n) is 5.69. The smallest absolute Gasteiger partial charge is 0.201 e. The van der Waals surface area contributed by atoms with Crippen LogP contribution in [0.25, 0.3) is 11.0 Å². The van der Waals surface area contributed by atoms with Gasteiger partial charge in [0.15, 0.2) is 5.82 Å². The van der Waals surface area contributed by atoms with Gasteiger partial charge in [0.05, 0.1) is 18.1 Å². The highest BCUT2D eigenvalue weighted by Crippen LogP contribution is 2.49. The quantitative estimate of drug-likeness (QED) is 0.748. The molecule has 1 N–H and O–H groups in total. The minimum Gasteiger partial charge on any atom is -0.497 e. The van der Waals surface area contributed by atoms with Crippen LogP contribution in [-0.2, 0) is 0 Å². The second kappa shape index (κ2) is 4.98. The highest BCUT2D eigenvalue weighted by Gasteiger charge is 2.45. The average Bonchev–Trinajstić information content (AvgIpc) is 3.25. The summed E-state index contributed by atoms with van der Waals surface area (Å²) in [6.45, 7) is 0. The van der Waals surface area contributed by atoms with Crippen molar-refractivity contribution in [1.29, 1.82) is 0 Å². The maximum atomic E-state index is 12.6. The fourth-order valence-corrected chi connectivity index (χ4v) is 2.95. The van der Waals surface area contributed by atoms with Gasteiger partial charge in [0, 0.05) is 5.92 Å². The fraction of sp³-hybridized carbons (Fsp3) is 0.222. The highest BCUT2D eigenvalue weighted by atomic mass is 16.5. The maximum Gasteiger partial charge on any atom is 0.201 e. The number of ether oxygens (including phenoxy) is 1. The van der Waals surface area contributed by atoms with Crippen molar-refractivity contribution in [2.75, 3.05) is 7.11 Å². The molecule has 4 nitrogen and oxygen atoms in total. The van der Waals surface area contributed by atoms with E-state index in [-0.39, 0.29) is 11.7 Å². The minimum atomic E-state index is 0.0361. The van der Waals surface area contributed by atoms with Gasteiger partial charge in [-0.15, -0.1) is 0 Å². The Balaban J connectivity index is 1.54. The van der Waals surface area contributed by atoms with Crippen molar-refractivity contribution >= 4 is 16.8 Å². The third-order valence-electron chi connectivity index (χ3n) is 4.29. The van der Waals surface area contributed by atoms with Crippen LogP contribution in [0.1, 0.15) is 28.5 Å². The Morgan fingerprint density at radius 2 is 1.95 bits per heavy atom. The lowest BCUT2D eigenvalue weighted by molar-refractivity contribution is 0.0956. The predicted molar refractivity (Wildman–Crippen MR) is 84.3 cm³/mol. The van der Waals surface area contributed by atoms with Crippen LogP contribution in [0.15, 0.2) is 48.5 Å². The summed E-state index contributed by atoms with van der Waals surface area (Å²) >= 11 is 0. The van der Waals surface area contributed by atoms with Crippen LogP contribution in [0.3, 0.4) is 0 Å². The summed E-state index contributed by atoms with van der Waals surface area (Å²) in [6, 6.07) is 15.7. The van der Waals surface area contributed by atoms with Gasteiger partial charge in [-0.3, -0.25) is 4.79 Å². The maximum absolute atomic E-state index is 12.6. The number of rotatable bonds is 4. The predicted octanol–water partition coefficient (Wildman–Crippen LogP) is 3.56. The van der Waals surface area contributed by atoms with Crippen LogP contribution in [0.2, 0.25) is 0 Å². The van der Waals surface area contributed by atoms with Crippen LogP contribution in [0, 0.1) is 5.92 Å². The number of fused-ring (bicyclic) bond motifs is 1. The molecule has 0 saturated heterocycles. The molecule has 4 rings (SSSR count). The number of carbonyl (C=O) groups is 1. The van der Waals surface area contributed by atoms with Gasteiger partial charge in [-0.05, 0) is 42.2 Å². The second-order valence-corrected chi connectivity index (χ2v) is 5.69. The Hall–Kier alpha value is -2.62. The Morgan fingerprint density at radius 1 is 1.18 bits per heavy atom. The Bertz CT molecular complexity index is 803. The minimum absolute atomic E-state index is 0.0361. The first-order chi connectivity index (χ1) is 10.8. The lowest BCUT2D eigenvalue weighted by atomic mass is 10.1. The molecule has 110 valence electrons. The van der Waals surface area contributed by atoms with Gasteiger partial charge in [0.25, 0.3) is 0 Å². The van der Waals surface area contributed by atoms with Gasteiger partial charge in [0.1, 0.15) is 5.75 Å². The topological polar surface area (TPSA) is 55.0 Å². The molecule has 1 saturated carbocycles. The molecule has 4 heteroatoms. The van der Waals surface area contributed by atoms with Gasteiger partial charge in [-0.25, -0.2) is 4.98 Å². The number of benzene rings is 2. The van der Waals surface area contributed by atoms with E-state index in [2.05, 4.69) is 9.97 Å². The first-order valence-corrected chi connectivity index (χ1v) is 7.39. The molecule has 0 spiro atoms. The van der Waals surface area contributed by atoms with E-state index in [9.17, 15) is 4.79 Å². The molecule has 0 bridgehead atoms. The summed E-state index contributed by atoms with van der Waals surface area (Å²) in [4.78, 5) is 20.1. The van der Waals surface area contributed by atoms with Crippen molar-refractivity contribution in [3.63, 3.8) is 0 Å².